The topological polar surface area (TPSA) is 403 Å². The van der Waals surface area contributed by atoms with Gasteiger partial charge < -0.3 is 101 Å². The molecule has 0 radical (unpaired) electrons. The Bertz CT molecular complexity index is 624. The molecule has 12 N–H and O–H groups in total. The van der Waals surface area contributed by atoms with E-state index in [1.165, 1.54) is 0 Å². The van der Waals surface area contributed by atoms with Crippen LogP contribution in [0.3, 0.4) is 0 Å². The summed E-state index contributed by atoms with van der Waals surface area (Å²) >= 11 is 0. The summed E-state index contributed by atoms with van der Waals surface area (Å²) in [6, 6.07) is 0. The van der Waals surface area contributed by atoms with Crippen molar-refractivity contribution >= 4 is 99.4 Å². The molecule has 0 unspecified atom stereocenters. The molecule has 0 spiro atoms. The minimum Gasteiger partial charge on any atom is -0.547 e. The monoisotopic (exact) mass is 648 g/mol. The minimum atomic E-state index is -2.31. The number of hydrogen-bond acceptors (Lipinski definition) is 20. The van der Waals surface area contributed by atoms with Crippen molar-refractivity contribution in [1.29, 1.82) is 0 Å². The van der Waals surface area contributed by atoms with Crippen LogP contribution in [0.2, 0.25) is 0 Å². The van der Waals surface area contributed by atoms with Crippen LogP contribution in [0.5, 0.6) is 0 Å². The average molecular weight is 649 g/mol. The van der Waals surface area contributed by atoms with Gasteiger partial charge in [-0.3, -0.25) is 0 Å². The molecule has 228 valence electrons. The summed E-state index contributed by atoms with van der Waals surface area (Å²) in [5, 5.41) is 141. The standard InChI is InChI=1S/2C6H12O7.2C3H6O3.2Ca/c2*7-1-2(8)3(9)4(10)5(11)6(12)13;2*1-2(4)3(5)6;;/h2*2-5,7-11H,1H2,(H,12,13);2*2,4H,1H3,(H,5,6);;/q;;;;2*+2/p-4/t2*2-,3-,4+,5-;2*2-;;/m1111../s1. The number of carbonyl (C=O) groups excluding carboxylic acids is 4. The number of aliphatic hydroxyl groups is 12. The zero-order chi connectivity index (χ0) is 31.5. The fourth-order valence-electron chi connectivity index (χ4n) is 1.32. The normalized spacial score (nSPS) is 17.4. The third kappa shape index (κ3) is 26.8. The minimum absolute atomic E-state index is 0. The second-order valence-electron chi connectivity index (χ2n) is 6.98. The van der Waals surface area contributed by atoms with Crippen LogP contribution in [0, 0.1) is 0 Å². The molecule has 0 aromatic heterocycles. The zero-order valence-electron chi connectivity index (χ0n) is 21.2. The molecule has 0 aromatic carbocycles. The van der Waals surface area contributed by atoms with E-state index in [1.54, 1.807) is 0 Å². The number of rotatable bonds is 12. The van der Waals surface area contributed by atoms with Gasteiger partial charge in [-0.1, -0.05) is 0 Å². The maximum atomic E-state index is 9.98. The van der Waals surface area contributed by atoms with Gasteiger partial charge in [0.25, 0.3) is 0 Å². The second kappa shape index (κ2) is 29.0. The van der Waals surface area contributed by atoms with Crippen LogP contribution < -0.4 is 20.4 Å². The molecule has 0 aliphatic rings. The largest absolute Gasteiger partial charge is 2.00 e. The molecule has 20 nitrogen and oxygen atoms in total. The van der Waals surface area contributed by atoms with Crippen LogP contribution in [0.4, 0.5) is 0 Å². The predicted octanol–water partition coefficient (Wildman–Crippen LogP) is -14.2. The summed E-state index contributed by atoms with van der Waals surface area (Å²) in [5.41, 5.74) is 0. The van der Waals surface area contributed by atoms with Crippen LogP contribution in [0.15, 0.2) is 0 Å². The molecule has 0 aromatic rings. The van der Waals surface area contributed by atoms with E-state index in [9.17, 15) is 39.6 Å². The summed E-state index contributed by atoms with van der Waals surface area (Å²) in [6.07, 6.45) is -18.8. The molecule has 0 bridgehead atoms. The Morgan fingerprint density at radius 2 is 0.650 bits per heavy atom. The zero-order valence-corrected chi connectivity index (χ0v) is 25.7. The molecular formula is C18H32Ca2O20. The molecule has 0 saturated heterocycles. The van der Waals surface area contributed by atoms with Gasteiger partial charge in [0.15, 0.2) is 0 Å². The SMILES string of the molecule is C[C@@H](O)C(=O)[O-].C[C@@H](O)C(=O)[O-].O=C([O-])[C@H](O)[C@@H](O)[C@H](O)[C@H](O)CO.O=C([O-])[C@H](O)[C@@H](O)[C@H](O)[C@H](O)CO.[Ca+2].[Ca+2]. The van der Waals surface area contributed by atoms with Gasteiger partial charge in [0.2, 0.25) is 0 Å². The van der Waals surface area contributed by atoms with Crippen molar-refractivity contribution in [2.24, 2.45) is 0 Å². The van der Waals surface area contributed by atoms with E-state index in [4.69, 9.17) is 61.3 Å². The van der Waals surface area contributed by atoms with E-state index in [1.807, 2.05) is 0 Å². The number of carbonyl (C=O) groups is 4. The Kier molecular flexibility index (Phi) is 38.1. The summed E-state index contributed by atoms with van der Waals surface area (Å²) in [6.45, 7) is 0.542. The molecule has 0 fully saturated rings. The molecule has 0 amide bonds. The second-order valence-corrected chi connectivity index (χ2v) is 6.98. The smallest absolute Gasteiger partial charge is 0.547 e. The summed E-state index contributed by atoms with van der Waals surface area (Å²) in [5.74, 6) is -6.82. The Morgan fingerprint density at radius 1 is 0.475 bits per heavy atom. The number of aliphatic hydroxyl groups excluding tert-OH is 12. The van der Waals surface area contributed by atoms with Crippen molar-refractivity contribution in [1.82, 2.24) is 0 Å². The van der Waals surface area contributed by atoms with Crippen molar-refractivity contribution in [2.75, 3.05) is 13.2 Å². The Morgan fingerprint density at radius 3 is 0.750 bits per heavy atom. The van der Waals surface area contributed by atoms with Crippen LogP contribution in [0.1, 0.15) is 13.8 Å². The van der Waals surface area contributed by atoms with E-state index in [0.717, 1.165) is 13.8 Å². The third-order valence-electron chi connectivity index (χ3n) is 3.67. The number of aliphatic carboxylic acids is 4. The average Bonchev–Trinajstić information content (AvgIpc) is 2.85. The summed E-state index contributed by atoms with van der Waals surface area (Å²) in [7, 11) is 0. The predicted molar refractivity (Wildman–Crippen MR) is 117 cm³/mol. The Hall–Kier alpha value is -0.0805. The number of carboxylic acids is 4. The summed E-state index contributed by atoms with van der Waals surface area (Å²) < 4.78 is 0. The molecule has 10 atom stereocenters. The maximum absolute atomic E-state index is 9.98. The number of hydrogen-bond donors (Lipinski definition) is 12. The van der Waals surface area contributed by atoms with Gasteiger partial charge in [0.1, 0.15) is 48.8 Å². The molecular weight excluding hydrogens is 616 g/mol. The van der Waals surface area contributed by atoms with Crippen molar-refractivity contribution in [3.8, 4) is 0 Å². The van der Waals surface area contributed by atoms with E-state index >= 15 is 0 Å². The molecule has 0 heterocycles. The van der Waals surface area contributed by atoms with E-state index in [2.05, 4.69) is 0 Å². The van der Waals surface area contributed by atoms with Crippen molar-refractivity contribution in [3.63, 3.8) is 0 Å². The van der Waals surface area contributed by atoms with Crippen LogP contribution in [-0.4, -0.2) is 235 Å². The van der Waals surface area contributed by atoms with Gasteiger partial charge in [-0.2, -0.15) is 0 Å². The van der Waals surface area contributed by atoms with Crippen molar-refractivity contribution < 1.29 is 101 Å². The van der Waals surface area contributed by atoms with Crippen LogP contribution >= 0.6 is 0 Å². The Balaban J connectivity index is -0.000000101. The molecule has 0 aliphatic carbocycles. The quantitative estimate of drug-likeness (QED) is 0.0873. The molecule has 0 aliphatic heterocycles. The van der Waals surface area contributed by atoms with E-state index in [-0.39, 0.29) is 75.5 Å². The Labute approximate surface area is 286 Å². The van der Waals surface area contributed by atoms with E-state index < -0.39 is 98.1 Å². The molecule has 0 rings (SSSR count). The van der Waals surface area contributed by atoms with Crippen molar-refractivity contribution in [2.45, 2.75) is 74.9 Å². The van der Waals surface area contributed by atoms with Gasteiger partial charge in [-0.05, 0) is 13.8 Å². The maximum Gasteiger partial charge on any atom is 2.00 e. The van der Waals surface area contributed by atoms with Gasteiger partial charge in [0, 0.05) is 0 Å². The van der Waals surface area contributed by atoms with Gasteiger partial charge in [-0.25, -0.2) is 0 Å². The third-order valence-corrected chi connectivity index (χ3v) is 3.67. The fourth-order valence-corrected chi connectivity index (χ4v) is 1.32. The van der Waals surface area contributed by atoms with E-state index in [0.29, 0.717) is 0 Å². The van der Waals surface area contributed by atoms with Gasteiger partial charge in [-0.15, -0.1) is 0 Å². The molecule has 40 heavy (non-hydrogen) atoms. The number of carboxylic acid groups (broad SMARTS) is 4. The first-order valence-corrected chi connectivity index (χ1v) is 9.97. The van der Waals surface area contributed by atoms with Gasteiger partial charge >= 0.3 is 75.5 Å². The summed E-state index contributed by atoms with van der Waals surface area (Å²) in [4.78, 5) is 38.6. The van der Waals surface area contributed by atoms with Crippen LogP contribution in [0.25, 0.3) is 0 Å². The first-order valence-electron chi connectivity index (χ1n) is 9.97. The molecule has 22 heteroatoms. The van der Waals surface area contributed by atoms with Crippen molar-refractivity contribution in [3.05, 3.63) is 0 Å². The van der Waals surface area contributed by atoms with Crippen LogP contribution in [-0.2, 0) is 19.2 Å². The first kappa shape index (κ1) is 52.6. The molecule has 0 saturated carbocycles. The fraction of sp³-hybridized carbons (Fsp3) is 0.778. The first-order chi connectivity index (χ1) is 17.1. The van der Waals surface area contributed by atoms with Gasteiger partial charge in [0.05, 0.1) is 49.3 Å².